The Balaban J connectivity index is 1.94. The average molecular weight is 197 g/mol. The summed E-state index contributed by atoms with van der Waals surface area (Å²) in [6.45, 7) is 1.08. The molecule has 0 aromatic heterocycles. The third kappa shape index (κ3) is 2.10. The molecule has 0 amide bonds. The maximum atomic E-state index is 12.9. The van der Waals surface area contributed by atoms with E-state index in [2.05, 4.69) is 0 Å². The van der Waals surface area contributed by atoms with Crippen LogP contribution in [0.15, 0.2) is 30.3 Å². The summed E-state index contributed by atoms with van der Waals surface area (Å²) in [6, 6.07) is 9.75. The number of likely N-dealkylation sites (tertiary alicyclic amines) is 1. The van der Waals surface area contributed by atoms with Gasteiger partial charge in [0.05, 0.1) is 0 Å². The van der Waals surface area contributed by atoms with Gasteiger partial charge in [-0.05, 0) is 5.56 Å². The predicted molar refractivity (Wildman–Crippen MR) is 51.5 cm³/mol. The molecule has 1 aromatic rings. The Morgan fingerprint density at radius 1 is 1.07 bits per heavy atom. The summed E-state index contributed by atoms with van der Waals surface area (Å²) in [6.07, 6.45) is -2.61. The molecule has 1 aromatic carbocycles. The summed E-state index contributed by atoms with van der Waals surface area (Å²) in [5.74, 6) is 0. The van der Waals surface area contributed by atoms with Crippen LogP contribution in [0.5, 0.6) is 0 Å². The van der Waals surface area contributed by atoms with Crippen LogP contribution in [0.4, 0.5) is 8.78 Å². The number of hydrogen-bond donors (Lipinski definition) is 0. The summed E-state index contributed by atoms with van der Waals surface area (Å²) in [5, 5.41) is 0. The van der Waals surface area contributed by atoms with E-state index >= 15 is 0 Å². The highest BCUT2D eigenvalue weighted by molar-refractivity contribution is 5.14. The SMILES string of the molecule is F[C@@H]1CN(Cc2ccccc2)C[C@H]1F. The van der Waals surface area contributed by atoms with Crippen molar-refractivity contribution < 1.29 is 8.78 Å². The van der Waals surface area contributed by atoms with Gasteiger partial charge >= 0.3 is 0 Å². The molecule has 1 saturated heterocycles. The maximum Gasteiger partial charge on any atom is 0.145 e. The molecule has 0 saturated carbocycles. The van der Waals surface area contributed by atoms with Crippen molar-refractivity contribution in [3.05, 3.63) is 35.9 Å². The van der Waals surface area contributed by atoms with Gasteiger partial charge in [0.25, 0.3) is 0 Å². The van der Waals surface area contributed by atoms with Gasteiger partial charge in [-0.15, -0.1) is 0 Å². The molecule has 14 heavy (non-hydrogen) atoms. The predicted octanol–water partition coefficient (Wildman–Crippen LogP) is 2.18. The first-order chi connectivity index (χ1) is 6.75. The molecule has 76 valence electrons. The lowest BCUT2D eigenvalue weighted by atomic mass is 10.2. The summed E-state index contributed by atoms with van der Waals surface area (Å²) in [4.78, 5) is 1.81. The summed E-state index contributed by atoms with van der Waals surface area (Å²) >= 11 is 0. The third-order valence-electron chi connectivity index (χ3n) is 2.51. The number of rotatable bonds is 2. The Morgan fingerprint density at radius 3 is 2.21 bits per heavy atom. The molecular formula is C11H13F2N. The number of alkyl halides is 2. The minimum atomic E-state index is -1.31. The third-order valence-corrected chi connectivity index (χ3v) is 2.51. The van der Waals surface area contributed by atoms with Crippen LogP contribution < -0.4 is 0 Å². The van der Waals surface area contributed by atoms with E-state index in [1.165, 1.54) is 0 Å². The van der Waals surface area contributed by atoms with Crippen molar-refractivity contribution in [1.29, 1.82) is 0 Å². The van der Waals surface area contributed by atoms with Gasteiger partial charge in [-0.25, -0.2) is 8.78 Å². The van der Waals surface area contributed by atoms with Crippen molar-refractivity contribution in [2.75, 3.05) is 13.1 Å². The van der Waals surface area contributed by atoms with Crippen molar-refractivity contribution >= 4 is 0 Å². The molecular weight excluding hydrogens is 184 g/mol. The summed E-state index contributed by atoms with van der Waals surface area (Å²) in [5.41, 5.74) is 1.11. The highest BCUT2D eigenvalue weighted by Crippen LogP contribution is 2.18. The molecule has 0 unspecified atom stereocenters. The lowest BCUT2D eigenvalue weighted by molar-refractivity contribution is 0.217. The van der Waals surface area contributed by atoms with Gasteiger partial charge in [0.1, 0.15) is 12.3 Å². The number of hydrogen-bond acceptors (Lipinski definition) is 1. The van der Waals surface area contributed by atoms with Gasteiger partial charge < -0.3 is 0 Å². The van der Waals surface area contributed by atoms with Crippen LogP contribution in [-0.2, 0) is 6.54 Å². The van der Waals surface area contributed by atoms with Crippen LogP contribution in [0.2, 0.25) is 0 Å². The van der Waals surface area contributed by atoms with Crippen LogP contribution in [0.25, 0.3) is 0 Å². The van der Waals surface area contributed by atoms with Crippen LogP contribution in [0.3, 0.4) is 0 Å². The van der Waals surface area contributed by atoms with E-state index in [1.807, 2.05) is 35.2 Å². The van der Waals surface area contributed by atoms with E-state index in [0.717, 1.165) is 5.56 Å². The Labute approximate surface area is 82.3 Å². The first-order valence-corrected chi connectivity index (χ1v) is 4.80. The van der Waals surface area contributed by atoms with E-state index < -0.39 is 12.3 Å². The molecule has 2 atom stereocenters. The normalized spacial score (nSPS) is 28.1. The van der Waals surface area contributed by atoms with Crippen molar-refractivity contribution in [2.45, 2.75) is 18.9 Å². The largest absolute Gasteiger partial charge is 0.293 e. The quantitative estimate of drug-likeness (QED) is 0.702. The van der Waals surface area contributed by atoms with Gasteiger partial charge in [0, 0.05) is 19.6 Å². The Morgan fingerprint density at radius 2 is 1.64 bits per heavy atom. The minimum absolute atomic E-state index is 0.218. The second-order valence-electron chi connectivity index (χ2n) is 3.71. The van der Waals surface area contributed by atoms with E-state index in [0.29, 0.717) is 6.54 Å². The van der Waals surface area contributed by atoms with Crippen LogP contribution in [0.1, 0.15) is 5.56 Å². The number of halogens is 2. The fourth-order valence-corrected chi connectivity index (χ4v) is 1.77. The van der Waals surface area contributed by atoms with Crippen molar-refractivity contribution in [1.82, 2.24) is 4.90 Å². The van der Waals surface area contributed by atoms with Gasteiger partial charge in [-0.2, -0.15) is 0 Å². The second kappa shape index (κ2) is 4.05. The molecule has 0 bridgehead atoms. The summed E-state index contributed by atoms with van der Waals surface area (Å²) < 4.78 is 25.7. The summed E-state index contributed by atoms with van der Waals surface area (Å²) in [7, 11) is 0. The topological polar surface area (TPSA) is 3.24 Å². The molecule has 2 rings (SSSR count). The zero-order valence-electron chi connectivity index (χ0n) is 7.87. The number of benzene rings is 1. The van der Waals surface area contributed by atoms with E-state index in [1.54, 1.807) is 0 Å². The van der Waals surface area contributed by atoms with Gasteiger partial charge in [-0.1, -0.05) is 30.3 Å². The molecule has 1 heterocycles. The van der Waals surface area contributed by atoms with Crippen molar-refractivity contribution in [3.63, 3.8) is 0 Å². The smallest absolute Gasteiger partial charge is 0.145 e. The zero-order valence-corrected chi connectivity index (χ0v) is 7.87. The van der Waals surface area contributed by atoms with Crippen LogP contribution in [-0.4, -0.2) is 30.3 Å². The lowest BCUT2D eigenvalue weighted by Gasteiger charge is -2.13. The van der Waals surface area contributed by atoms with E-state index in [4.69, 9.17) is 0 Å². The molecule has 3 heteroatoms. The Hall–Kier alpha value is -0.960. The van der Waals surface area contributed by atoms with Gasteiger partial charge in [0.2, 0.25) is 0 Å². The second-order valence-corrected chi connectivity index (χ2v) is 3.71. The van der Waals surface area contributed by atoms with Crippen LogP contribution in [0, 0.1) is 0 Å². The monoisotopic (exact) mass is 197 g/mol. The zero-order chi connectivity index (χ0) is 9.97. The maximum absolute atomic E-state index is 12.9. The highest BCUT2D eigenvalue weighted by atomic mass is 19.2. The molecule has 0 N–H and O–H groups in total. The van der Waals surface area contributed by atoms with E-state index in [9.17, 15) is 8.78 Å². The number of nitrogens with zero attached hydrogens (tertiary/aromatic N) is 1. The fraction of sp³-hybridized carbons (Fsp3) is 0.455. The highest BCUT2D eigenvalue weighted by Gasteiger charge is 2.32. The van der Waals surface area contributed by atoms with Crippen molar-refractivity contribution in [2.24, 2.45) is 0 Å². The first-order valence-electron chi connectivity index (χ1n) is 4.80. The first kappa shape index (κ1) is 9.59. The molecule has 0 spiro atoms. The Bertz CT molecular complexity index is 279. The average Bonchev–Trinajstić information content (AvgIpc) is 2.47. The van der Waals surface area contributed by atoms with Crippen molar-refractivity contribution in [3.8, 4) is 0 Å². The molecule has 1 nitrogen and oxygen atoms in total. The molecule has 1 aliphatic heterocycles. The fourth-order valence-electron chi connectivity index (χ4n) is 1.77. The lowest BCUT2D eigenvalue weighted by Crippen LogP contribution is -2.20. The Kier molecular flexibility index (Phi) is 2.77. The molecule has 0 aliphatic carbocycles. The van der Waals surface area contributed by atoms with Crippen LogP contribution >= 0.6 is 0 Å². The molecule has 1 fully saturated rings. The minimum Gasteiger partial charge on any atom is -0.293 e. The van der Waals surface area contributed by atoms with Gasteiger partial charge in [0.15, 0.2) is 0 Å². The molecule has 1 aliphatic rings. The molecule has 0 radical (unpaired) electrons. The van der Waals surface area contributed by atoms with E-state index in [-0.39, 0.29) is 13.1 Å². The van der Waals surface area contributed by atoms with Gasteiger partial charge in [-0.3, -0.25) is 4.90 Å². The standard InChI is InChI=1S/C11H13F2N/c12-10-7-14(8-11(10)13)6-9-4-2-1-3-5-9/h1-5,10-11H,6-8H2/t10-,11-/m1/s1.